The highest BCUT2D eigenvalue weighted by atomic mass is 19.3. The zero-order valence-corrected chi connectivity index (χ0v) is 20.1. The number of nitrogens with one attached hydrogen (secondary N) is 1. The van der Waals surface area contributed by atoms with Crippen molar-refractivity contribution in [2.75, 3.05) is 6.61 Å². The molecule has 2 aliphatic rings. The van der Waals surface area contributed by atoms with E-state index in [4.69, 9.17) is 4.74 Å². The Kier molecular flexibility index (Phi) is 8.32. The predicted octanol–water partition coefficient (Wildman–Crippen LogP) is 5.76. The lowest BCUT2D eigenvalue weighted by molar-refractivity contribution is -0.130. The van der Waals surface area contributed by atoms with Crippen molar-refractivity contribution in [1.82, 2.24) is 5.32 Å². The van der Waals surface area contributed by atoms with Crippen molar-refractivity contribution in [3.05, 3.63) is 12.5 Å². The van der Waals surface area contributed by atoms with Gasteiger partial charge in [0.1, 0.15) is 5.78 Å². The summed E-state index contributed by atoms with van der Waals surface area (Å²) < 4.78 is 33.1. The lowest BCUT2D eigenvalue weighted by Crippen LogP contribution is -2.46. The van der Waals surface area contributed by atoms with E-state index in [-0.39, 0.29) is 66.8 Å². The second-order valence-electron chi connectivity index (χ2n) is 10.7. The van der Waals surface area contributed by atoms with E-state index in [1.54, 1.807) is 6.92 Å². The zero-order valence-electron chi connectivity index (χ0n) is 20.1. The maximum atomic E-state index is 13.7. The molecule has 0 bridgehead atoms. The number of Topliss-reactive ketones (excluding diaryl/α,β-unsaturated/α-hetero) is 2. The number of ether oxygens (including phenoxy) is 1. The quantitative estimate of drug-likeness (QED) is 0.391. The molecule has 2 fully saturated rings. The van der Waals surface area contributed by atoms with Gasteiger partial charge in [-0.15, -0.1) is 0 Å². The number of carbonyl (C=O) groups excluding carboxylic acids is 2. The second kappa shape index (κ2) is 9.99. The van der Waals surface area contributed by atoms with E-state index < -0.39 is 12.0 Å². The smallest absolute Gasteiger partial charge is 0.248 e. The first kappa shape index (κ1) is 25.8. The Bertz CT molecular complexity index is 664. The van der Waals surface area contributed by atoms with Crippen LogP contribution in [0.1, 0.15) is 80.1 Å². The van der Waals surface area contributed by atoms with Gasteiger partial charge < -0.3 is 10.1 Å². The molecule has 2 rings (SSSR count). The molecule has 0 saturated heterocycles. The van der Waals surface area contributed by atoms with Crippen molar-refractivity contribution < 1.29 is 23.1 Å². The minimum Gasteiger partial charge on any atom is -0.479 e. The van der Waals surface area contributed by atoms with Crippen LogP contribution in [0.4, 0.5) is 8.78 Å². The molecule has 4 unspecified atom stereocenters. The molecule has 0 aromatic rings. The summed E-state index contributed by atoms with van der Waals surface area (Å²) in [6.07, 6.45) is 1.23. The van der Waals surface area contributed by atoms with Crippen molar-refractivity contribution in [3.8, 4) is 0 Å². The Morgan fingerprint density at radius 1 is 1.19 bits per heavy atom. The average Bonchev–Trinajstić information content (AvgIpc) is 3.22. The van der Waals surface area contributed by atoms with E-state index in [0.717, 1.165) is 6.42 Å². The maximum absolute atomic E-state index is 13.7. The highest BCUT2D eigenvalue weighted by molar-refractivity contribution is 5.90. The maximum Gasteiger partial charge on any atom is 0.248 e. The molecule has 0 radical (unpaired) electrons. The first-order valence-corrected chi connectivity index (χ1v) is 11.8. The van der Waals surface area contributed by atoms with Gasteiger partial charge in [-0.25, -0.2) is 8.78 Å². The summed E-state index contributed by atoms with van der Waals surface area (Å²) in [4.78, 5) is 25.9. The third-order valence-electron chi connectivity index (χ3n) is 7.44. The van der Waals surface area contributed by atoms with Gasteiger partial charge in [0.2, 0.25) is 5.92 Å². The second-order valence-corrected chi connectivity index (χ2v) is 10.7. The van der Waals surface area contributed by atoms with Crippen LogP contribution in [0.25, 0.3) is 0 Å². The molecule has 0 amide bonds. The minimum atomic E-state index is -2.66. The molecule has 178 valence electrons. The first-order valence-electron chi connectivity index (χ1n) is 11.8. The standard InChI is InChI=1S/C25H41F2NO3/c1-8-20-22(24(20,6)7)19(16(4)29)13-21(30)23(28-17(5)31-14-15(2)3)18-9-11-25(26,27)12-10-18/h15,18-20,22-23,28H,5,8-14H2,1-4,6-7H3. The van der Waals surface area contributed by atoms with Crippen LogP contribution in [0.5, 0.6) is 0 Å². The fraction of sp³-hybridized carbons (Fsp3) is 0.840. The van der Waals surface area contributed by atoms with E-state index in [0.29, 0.717) is 24.3 Å². The third-order valence-corrected chi connectivity index (χ3v) is 7.44. The summed E-state index contributed by atoms with van der Waals surface area (Å²) in [5, 5.41) is 3.10. The van der Waals surface area contributed by atoms with Crippen molar-refractivity contribution in [2.45, 2.75) is 92.0 Å². The SMILES string of the molecule is C=C(NC(C(=O)CC(C(C)=O)C1C(CC)C1(C)C)C1CCC(F)(F)CC1)OCC(C)C. The topological polar surface area (TPSA) is 55.4 Å². The van der Waals surface area contributed by atoms with Gasteiger partial charge in [0.15, 0.2) is 11.7 Å². The number of hydrogen-bond donors (Lipinski definition) is 1. The van der Waals surface area contributed by atoms with E-state index in [1.165, 1.54) is 0 Å². The highest BCUT2D eigenvalue weighted by Crippen LogP contribution is 2.64. The highest BCUT2D eigenvalue weighted by Gasteiger charge is 2.60. The lowest BCUT2D eigenvalue weighted by Gasteiger charge is -2.34. The first-order chi connectivity index (χ1) is 14.3. The van der Waals surface area contributed by atoms with Crippen LogP contribution in [0.15, 0.2) is 12.5 Å². The Morgan fingerprint density at radius 3 is 2.23 bits per heavy atom. The number of rotatable bonds is 12. The Balaban J connectivity index is 2.14. The van der Waals surface area contributed by atoms with Crippen molar-refractivity contribution >= 4 is 11.6 Å². The Morgan fingerprint density at radius 2 is 1.77 bits per heavy atom. The van der Waals surface area contributed by atoms with E-state index >= 15 is 0 Å². The Labute approximate surface area is 186 Å². The van der Waals surface area contributed by atoms with Gasteiger partial charge in [0.05, 0.1) is 12.6 Å². The van der Waals surface area contributed by atoms with Gasteiger partial charge in [-0.2, -0.15) is 0 Å². The van der Waals surface area contributed by atoms with Crippen LogP contribution < -0.4 is 5.32 Å². The average molecular weight is 442 g/mol. The fourth-order valence-corrected chi connectivity index (χ4v) is 5.57. The third kappa shape index (κ3) is 6.52. The summed E-state index contributed by atoms with van der Waals surface area (Å²) in [5.74, 6) is -2.06. The number of hydrogen-bond acceptors (Lipinski definition) is 4. The lowest BCUT2D eigenvalue weighted by atomic mass is 9.78. The van der Waals surface area contributed by atoms with Crippen molar-refractivity contribution in [1.29, 1.82) is 0 Å². The minimum absolute atomic E-state index is 0.0335. The molecular weight excluding hydrogens is 400 g/mol. The van der Waals surface area contributed by atoms with E-state index in [9.17, 15) is 18.4 Å². The fourth-order valence-electron chi connectivity index (χ4n) is 5.57. The molecule has 2 saturated carbocycles. The van der Waals surface area contributed by atoms with Gasteiger partial charge in [-0.1, -0.05) is 41.0 Å². The van der Waals surface area contributed by atoms with Crippen LogP contribution in [-0.4, -0.2) is 30.1 Å². The molecule has 0 aliphatic heterocycles. The summed E-state index contributed by atoms with van der Waals surface area (Å²) >= 11 is 0. The molecule has 0 aromatic heterocycles. The van der Waals surface area contributed by atoms with Gasteiger partial charge in [-0.05, 0) is 55.4 Å². The summed E-state index contributed by atoms with van der Waals surface area (Å²) in [6.45, 7) is 16.4. The number of ketones is 2. The molecule has 0 spiro atoms. The van der Waals surface area contributed by atoms with E-state index in [2.05, 4.69) is 32.7 Å². The molecule has 1 N–H and O–H groups in total. The molecule has 2 aliphatic carbocycles. The molecule has 6 heteroatoms. The van der Waals surface area contributed by atoms with E-state index in [1.807, 2.05) is 13.8 Å². The van der Waals surface area contributed by atoms with Crippen LogP contribution in [0, 0.1) is 35.0 Å². The van der Waals surface area contributed by atoms with Gasteiger partial charge >= 0.3 is 0 Å². The predicted molar refractivity (Wildman–Crippen MR) is 119 cm³/mol. The normalized spacial score (nSPS) is 26.7. The van der Waals surface area contributed by atoms with Crippen LogP contribution in [0.2, 0.25) is 0 Å². The molecular formula is C25H41F2NO3. The van der Waals surface area contributed by atoms with Gasteiger partial charge in [-0.3, -0.25) is 9.59 Å². The number of alkyl halides is 2. The number of carbonyl (C=O) groups is 2. The van der Waals surface area contributed by atoms with Gasteiger partial charge in [0.25, 0.3) is 0 Å². The zero-order chi connectivity index (χ0) is 23.6. The Hall–Kier alpha value is -1.46. The summed E-state index contributed by atoms with van der Waals surface area (Å²) in [7, 11) is 0. The monoisotopic (exact) mass is 441 g/mol. The number of halogens is 2. The largest absolute Gasteiger partial charge is 0.479 e. The summed E-state index contributed by atoms with van der Waals surface area (Å²) in [5.41, 5.74) is 0.0468. The molecule has 0 aromatic carbocycles. The molecule has 4 atom stereocenters. The summed E-state index contributed by atoms with van der Waals surface area (Å²) in [6, 6.07) is -0.653. The van der Waals surface area contributed by atoms with Crippen LogP contribution in [0.3, 0.4) is 0 Å². The van der Waals surface area contributed by atoms with Crippen LogP contribution >= 0.6 is 0 Å². The molecule has 0 heterocycles. The molecule has 4 nitrogen and oxygen atoms in total. The molecule has 31 heavy (non-hydrogen) atoms. The van der Waals surface area contributed by atoms with Crippen LogP contribution in [-0.2, 0) is 14.3 Å². The van der Waals surface area contributed by atoms with Crippen molar-refractivity contribution in [3.63, 3.8) is 0 Å². The van der Waals surface area contributed by atoms with Crippen molar-refractivity contribution in [2.24, 2.45) is 35.0 Å². The van der Waals surface area contributed by atoms with Gasteiger partial charge in [0, 0.05) is 25.2 Å².